The maximum atomic E-state index is 14.1. The van der Waals surface area contributed by atoms with Crippen LogP contribution in [0.2, 0.25) is 0 Å². The number of carbonyl (C=O) groups excluding carboxylic acids is 2. The number of halogens is 2. The first-order valence-corrected chi connectivity index (χ1v) is 13.3. The Morgan fingerprint density at radius 2 is 1.86 bits per heavy atom. The second kappa shape index (κ2) is 13.1. The molecule has 0 aliphatic heterocycles. The van der Waals surface area contributed by atoms with E-state index in [1.54, 1.807) is 82.0 Å². The zero-order valence-electron chi connectivity index (χ0n) is 23.6. The van der Waals surface area contributed by atoms with E-state index < -0.39 is 17.7 Å². The Morgan fingerprint density at radius 3 is 2.55 bits per heavy atom. The van der Waals surface area contributed by atoms with Crippen molar-refractivity contribution in [1.82, 2.24) is 20.2 Å². The highest BCUT2D eigenvalue weighted by atomic mass is 19.1. The molecule has 4 rings (SSSR count). The largest absolute Gasteiger partial charge is 0.508 e. The Balaban J connectivity index is 1.67. The zero-order valence-corrected chi connectivity index (χ0v) is 23.6. The molecule has 0 saturated heterocycles. The van der Waals surface area contributed by atoms with Crippen LogP contribution in [0.25, 0.3) is 16.5 Å². The van der Waals surface area contributed by atoms with E-state index in [2.05, 4.69) is 21.9 Å². The van der Waals surface area contributed by atoms with Gasteiger partial charge in [0.2, 0.25) is 5.91 Å². The molecule has 0 bridgehead atoms. The number of hydrogen-bond acceptors (Lipinski definition) is 4. The lowest BCUT2D eigenvalue weighted by Crippen LogP contribution is -2.32. The van der Waals surface area contributed by atoms with Crippen molar-refractivity contribution in [2.75, 3.05) is 14.1 Å². The predicted octanol–water partition coefficient (Wildman–Crippen LogP) is 5.79. The van der Waals surface area contributed by atoms with E-state index in [0.717, 1.165) is 11.6 Å². The molecule has 0 aliphatic carbocycles. The molecule has 2 amide bonds. The average Bonchev–Trinajstić information content (AvgIpc) is 3.33. The number of nitrogens with zero attached hydrogens (tertiary/aromatic N) is 2. The van der Waals surface area contributed by atoms with Crippen LogP contribution in [0.15, 0.2) is 91.3 Å². The number of aromatic amines is 1. The minimum absolute atomic E-state index is 0.0161. The highest BCUT2D eigenvalue weighted by molar-refractivity contribution is 5.96. The van der Waals surface area contributed by atoms with Crippen LogP contribution in [-0.2, 0) is 22.4 Å². The quantitative estimate of drug-likeness (QED) is 0.166. The Labute approximate surface area is 242 Å². The number of fused-ring (bicyclic) bond motifs is 1. The van der Waals surface area contributed by atoms with Gasteiger partial charge in [-0.25, -0.2) is 8.78 Å². The van der Waals surface area contributed by atoms with E-state index >= 15 is 0 Å². The van der Waals surface area contributed by atoms with Crippen molar-refractivity contribution in [2.45, 2.75) is 25.8 Å². The SMILES string of the molecule is C=C(C=CC(=CC)C(=O)N(C)C)c1cccnc1C(Cc1cc(F)cc(F)c1)NC(=O)Cc1c[nH]c2ccc(O)cc12. The Hall–Kier alpha value is -5.05. The van der Waals surface area contributed by atoms with Gasteiger partial charge in [-0.1, -0.05) is 24.8 Å². The molecule has 2 heterocycles. The molecule has 0 spiro atoms. The predicted molar refractivity (Wildman–Crippen MR) is 159 cm³/mol. The molecular weight excluding hydrogens is 538 g/mol. The van der Waals surface area contributed by atoms with Crippen molar-refractivity contribution < 1.29 is 23.5 Å². The standard InChI is InChI=1S/C33H32F2N4O3/c1-5-22(33(42)39(3)4)9-8-20(2)27-7-6-12-36-32(27)30(15-21-13-24(34)17-25(35)14-21)38-31(41)16-23-19-37-29-11-10-26(40)18-28(23)29/h5-14,17-19,30,37,40H,2,15-16H2,1,3-4H3,(H,38,41). The van der Waals surface area contributed by atoms with Gasteiger partial charge in [-0.15, -0.1) is 0 Å². The van der Waals surface area contributed by atoms with Gasteiger partial charge in [-0.05, 0) is 72.5 Å². The van der Waals surface area contributed by atoms with E-state index in [-0.39, 0.29) is 30.4 Å². The molecule has 0 saturated carbocycles. The van der Waals surface area contributed by atoms with Crippen molar-refractivity contribution in [3.05, 3.63) is 125 Å². The van der Waals surface area contributed by atoms with Crippen molar-refractivity contribution in [2.24, 2.45) is 0 Å². The minimum Gasteiger partial charge on any atom is -0.508 e. The lowest BCUT2D eigenvalue weighted by atomic mass is 9.95. The van der Waals surface area contributed by atoms with Crippen LogP contribution in [0, 0.1) is 11.6 Å². The molecule has 0 aliphatic rings. The monoisotopic (exact) mass is 570 g/mol. The fourth-order valence-corrected chi connectivity index (χ4v) is 4.71. The summed E-state index contributed by atoms with van der Waals surface area (Å²) in [6.45, 7) is 5.92. The number of allylic oxidation sites excluding steroid dienone is 3. The summed E-state index contributed by atoms with van der Waals surface area (Å²) < 4.78 is 28.2. The van der Waals surface area contributed by atoms with Gasteiger partial charge in [0.05, 0.1) is 18.2 Å². The van der Waals surface area contributed by atoms with Gasteiger partial charge in [-0.2, -0.15) is 0 Å². The van der Waals surface area contributed by atoms with Crippen LogP contribution < -0.4 is 5.32 Å². The number of rotatable bonds is 10. The zero-order chi connectivity index (χ0) is 30.4. The minimum atomic E-state index is -0.775. The molecule has 1 atom stereocenters. The van der Waals surface area contributed by atoms with E-state index in [9.17, 15) is 23.5 Å². The number of aromatic nitrogens is 2. The number of aromatic hydroxyl groups is 1. The third kappa shape index (κ3) is 7.17. The molecule has 42 heavy (non-hydrogen) atoms. The lowest BCUT2D eigenvalue weighted by molar-refractivity contribution is -0.124. The maximum absolute atomic E-state index is 14.1. The van der Waals surface area contributed by atoms with Gasteiger partial charge in [0.25, 0.3) is 5.91 Å². The second-order valence-electron chi connectivity index (χ2n) is 10.1. The van der Waals surface area contributed by atoms with Crippen LogP contribution in [0.4, 0.5) is 8.78 Å². The summed E-state index contributed by atoms with van der Waals surface area (Å²) in [6.07, 6.45) is 8.35. The summed E-state index contributed by atoms with van der Waals surface area (Å²) >= 11 is 0. The number of likely N-dealkylation sites (N-methyl/N-ethyl adjacent to an activating group) is 1. The molecule has 2 aromatic heterocycles. The normalized spacial score (nSPS) is 12.5. The molecule has 4 aromatic rings. The first-order chi connectivity index (χ1) is 20.0. The van der Waals surface area contributed by atoms with E-state index in [1.807, 2.05) is 0 Å². The lowest BCUT2D eigenvalue weighted by Gasteiger charge is -2.22. The third-order valence-corrected chi connectivity index (χ3v) is 6.74. The number of phenolic OH excluding ortho intramolecular Hbond substituents is 1. The molecule has 1 unspecified atom stereocenters. The van der Waals surface area contributed by atoms with E-state index in [1.165, 1.54) is 17.0 Å². The first-order valence-electron chi connectivity index (χ1n) is 13.3. The van der Waals surface area contributed by atoms with Gasteiger partial charge in [0.15, 0.2) is 0 Å². The Morgan fingerprint density at radius 1 is 1.12 bits per heavy atom. The number of carbonyl (C=O) groups is 2. The van der Waals surface area contributed by atoms with Crippen molar-refractivity contribution in [1.29, 1.82) is 0 Å². The molecule has 7 nitrogen and oxygen atoms in total. The summed E-state index contributed by atoms with van der Waals surface area (Å²) in [6, 6.07) is 10.8. The van der Waals surface area contributed by atoms with Gasteiger partial charge in [0.1, 0.15) is 17.4 Å². The molecule has 9 heteroatoms. The topological polar surface area (TPSA) is 98.3 Å². The van der Waals surface area contributed by atoms with Crippen LogP contribution in [-0.4, -0.2) is 45.9 Å². The average molecular weight is 571 g/mol. The smallest absolute Gasteiger partial charge is 0.252 e. The number of amides is 2. The first kappa shape index (κ1) is 29.9. The number of pyridine rings is 1. The summed E-state index contributed by atoms with van der Waals surface area (Å²) in [7, 11) is 3.32. The summed E-state index contributed by atoms with van der Waals surface area (Å²) in [5.74, 6) is -1.91. The highest BCUT2D eigenvalue weighted by Crippen LogP contribution is 2.28. The van der Waals surface area contributed by atoms with Crippen molar-refractivity contribution >= 4 is 28.3 Å². The van der Waals surface area contributed by atoms with Crippen LogP contribution >= 0.6 is 0 Å². The number of nitrogens with one attached hydrogen (secondary N) is 2. The van der Waals surface area contributed by atoms with E-state index in [4.69, 9.17) is 0 Å². The maximum Gasteiger partial charge on any atom is 0.252 e. The third-order valence-electron chi connectivity index (χ3n) is 6.74. The molecule has 3 N–H and O–H groups in total. The fourth-order valence-electron chi connectivity index (χ4n) is 4.71. The summed E-state index contributed by atoms with van der Waals surface area (Å²) in [5, 5.41) is 13.6. The number of H-pyrrole nitrogens is 1. The second-order valence-corrected chi connectivity index (χ2v) is 10.1. The number of benzene rings is 2. The molecular formula is C33H32F2N4O3. The van der Waals surface area contributed by atoms with Gasteiger partial charge in [0, 0.05) is 54.6 Å². The molecule has 216 valence electrons. The van der Waals surface area contributed by atoms with E-state index in [0.29, 0.717) is 38.9 Å². The van der Waals surface area contributed by atoms with Gasteiger partial charge in [-0.3, -0.25) is 14.6 Å². The van der Waals surface area contributed by atoms with Crippen LogP contribution in [0.5, 0.6) is 5.75 Å². The van der Waals surface area contributed by atoms with Crippen molar-refractivity contribution in [3.8, 4) is 5.75 Å². The van der Waals surface area contributed by atoms with Crippen molar-refractivity contribution in [3.63, 3.8) is 0 Å². The van der Waals surface area contributed by atoms with Gasteiger partial charge >= 0.3 is 0 Å². The summed E-state index contributed by atoms with van der Waals surface area (Å²) in [5.41, 5.74) is 3.82. The highest BCUT2D eigenvalue weighted by Gasteiger charge is 2.22. The summed E-state index contributed by atoms with van der Waals surface area (Å²) in [4.78, 5) is 34.9. The Bertz CT molecular complexity index is 1680. The van der Waals surface area contributed by atoms with Gasteiger partial charge < -0.3 is 20.3 Å². The molecule has 0 fully saturated rings. The molecule has 2 aromatic carbocycles. The Kier molecular flexibility index (Phi) is 9.32. The molecule has 0 radical (unpaired) electrons. The van der Waals surface area contributed by atoms with Crippen LogP contribution in [0.1, 0.15) is 35.3 Å². The van der Waals surface area contributed by atoms with Crippen LogP contribution in [0.3, 0.4) is 0 Å². The number of phenols is 1. The number of hydrogen-bond donors (Lipinski definition) is 3. The fraction of sp³-hybridized carbons (Fsp3) is 0.182.